The van der Waals surface area contributed by atoms with Crippen LogP contribution in [0.15, 0.2) is 48.5 Å². The molecule has 9 heteroatoms. The van der Waals surface area contributed by atoms with Crippen molar-refractivity contribution in [3.8, 4) is 11.5 Å². The number of nitrogens with one attached hydrogen (secondary N) is 2. The molecule has 2 aromatic rings. The smallest absolute Gasteiger partial charge is 0.324 e. The lowest BCUT2D eigenvalue weighted by molar-refractivity contribution is -0.131. The highest BCUT2D eigenvalue weighted by atomic mass is 16.5. The number of nitrogens with zero attached hydrogens (tertiary/aromatic N) is 1. The van der Waals surface area contributed by atoms with Gasteiger partial charge in [-0.25, -0.2) is 4.79 Å². The molecule has 0 aromatic heterocycles. The molecular weight excluding hydrogens is 414 g/mol. The molecule has 4 amide bonds. The quantitative estimate of drug-likeness (QED) is 0.480. The summed E-state index contributed by atoms with van der Waals surface area (Å²) in [7, 11) is 3.08. The van der Waals surface area contributed by atoms with Gasteiger partial charge in [-0.2, -0.15) is 0 Å². The fraction of sp³-hybridized carbons (Fsp3) is 0.348. The molecule has 0 unspecified atom stereocenters. The lowest BCUT2D eigenvalue weighted by Crippen LogP contribution is -2.38. The monoisotopic (exact) mass is 441 g/mol. The number of methoxy groups -OCH3 is 2. The van der Waals surface area contributed by atoms with E-state index in [2.05, 4.69) is 10.6 Å². The highest BCUT2D eigenvalue weighted by Crippen LogP contribution is 2.28. The van der Waals surface area contributed by atoms with Crippen LogP contribution in [0.3, 0.4) is 0 Å². The van der Waals surface area contributed by atoms with Gasteiger partial charge < -0.3 is 25.2 Å². The Bertz CT molecular complexity index is 965. The van der Waals surface area contributed by atoms with Gasteiger partial charge >= 0.3 is 6.03 Å². The summed E-state index contributed by atoms with van der Waals surface area (Å²) >= 11 is 0. The molecule has 170 valence electrons. The van der Waals surface area contributed by atoms with Crippen molar-refractivity contribution in [2.24, 2.45) is 0 Å². The van der Waals surface area contributed by atoms with Crippen LogP contribution in [0.2, 0.25) is 0 Å². The Balaban J connectivity index is 1.56. The summed E-state index contributed by atoms with van der Waals surface area (Å²) < 4.78 is 10.5. The molecule has 1 aliphatic heterocycles. The van der Waals surface area contributed by atoms with E-state index >= 15 is 0 Å². The Morgan fingerprint density at radius 2 is 1.84 bits per heavy atom. The Labute approximate surface area is 186 Å². The molecule has 0 aliphatic carbocycles. The molecule has 2 aromatic carbocycles. The molecule has 0 spiro atoms. The fourth-order valence-corrected chi connectivity index (χ4v) is 3.56. The molecular formula is C23H27N3O6. The molecule has 3 N–H and O–H groups in total. The first kappa shape index (κ1) is 23.1. The number of ether oxygens (including phenoxy) is 2. The van der Waals surface area contributed by atoms with Crippen LogP contribution < -0.4 is 20.1 Å². The van der Waals surface area contributed by atoms with Gasteiger partial charge in [0, 0.05) is 6.54 Å². The molecule has 0 bridgehead atoms. The lowest BCUT2D eigenvalue weighted by atomic mass is 10.1. The van der Waals surface area contributed by atoms with E-state index < -0.39 is 29.9 Å². The Morgan fingerprint density at radius 1 is 1.12 bits per heavy atom. The number of carbonyl (C=O) groups excluding carboxylic acids is 3. The predicted molar refractivity (Wildman–Crippen MR) is 116 cm³/mol. The van der Waals surface area contributed by atoms with Crippen molar-refractivity contribution in [1.29, 1.82) is 0 Å². The molecule has 1 saturated heterocycles. The summed E-state index contributed by atoms with van der Waals surface area (Å²) in [5, 5.41) is 14.9. The van der Waals surface area contributed by atoms with E-state index in [1.54, 1.807) is 43.5 Å². The van der Waals surface area contributed by atoms with Crippen LogP contribution in [-0.2, 0) is 16.0 Å². The van der Waals surface area contributed by atoms with E-state index in [-0.39, 0.29) is 19.6 Å². The zero-order valence-corrected chi connectivity index (χ0v) is 18.0. The minimum absolute atomic E-state index is 0.168. The highest BCUT2D eigenvalue weighted by Gasteiger charge is 2.38. The normalized spacial score (nSPS) is 16.5. The number of aliphatic hydroxyl groups is 1. The van der Waals surface area contributed by atoms with E-state index in [0.29, 0.717) is 17.9 Å². The maximum absolute atomic E-state index is 12.7. The number of hydrogen-bond donors (Lipinski definition) is 3. The molecule has 1 fully saturated rings. The number of amides is 4. The molecule has 1 heterocycles. The van der Waals surface area contributed by atoms with Crippen LogP contribution in [0.1, 0.15) is 23.6 Å². The van der Waals surface area contributed by atoms with Crippen molar-refractivity contribution < 1.29 is 29.0 Å². The maximum Gasteiger partial charge on any atom is 0.324 e. The van der Waals surface area contributed by atoms with Crippen LogP contribution in [0, 0.1) is 0 Å². The van der Waals surface area contributed by atoms with Gasteiger partial charge in [-0.1, -0.05) is 36.4 Å². The third kappa shape index (κ3) is 5.36. The zero-order chi connectivity index (χ0) is 23.1. The van der Waals surface area contributed by atoms with Crippen LogP contribution in [0.5, 0.6) is 11.5 Å². The molecule has 32 heavy (non-hydrogen) atoms. The van der Waals surface area contributed by atoms with Crippen molar-refractivity contribution in [2.75, 3.05) is 27.4 Å². The summed E-state index contributed by atoms with van der Waals surface area (Å²) in [4.78, 5) is 38.5. The van der Waals surface area contributed by atoms with Gasteiger partial charge in [-0.3, -0.25) is 14.5 Å². The number of aliphatic hydroxyl groups excluding tert-OH is 1. The second-order valence-corrected chi connectivity index (χ2v) is 7.35. The number of imide groups is 1. The standard InChI is InChI=1S/C23H27N3O6/c1-31-19-9-8-15(12-20(19)32-2)10-11-26-22(29)17(25-23(26)30)13-21(28)24-18(14-27)16-6-4-3-5-7-16/h3-9,12,17-18,27H,10-11,13-14H2,1-2H3,(H,24,28)(H,25,30)/t17-,18-/m0/s1. The van der Waals surface area contributed by atoms with Crippen LogP contribution in [0.4, 0.5) is 4.79 Å². The predicted octanol–water partition coefficient (Wildman–Crippen LogP) is 1.41. The largest absolute Gasteiger partial charge is 0.493 e. The Morgan fingerprint density at radius 3 is 2.50 bits per heavy atom. The minimum Gasteiger partial charge on any atom is -0.493 e. The van der Waals surface area contributed by atoms with Crippen molar-refractivity contribution in [2.45, 2.75) is 24.9 Å². The number of carbonyl (C=O) groups is 3. The molecule has 3 rings (SSSR count). The van der Waals surface area contributed by atoms with Crippen LogP contribution in [0.25, 0.3) is 0 Å². The van der Waals surface area contributed by atoms with Gasteiger partial charge in [0.2, 0.25) is 5.91 Å². The van der Waals surface area contributed by atoms with Gasteiger partial charge in [0.25, 0.3) is 5.91 Å². The van der Waals surface area contributed by atoms with Crippen molar-refractivity contribution in [1.82, 2.24) is 15.5 Å². The van der Waals surface area contributed by atoms with Gasteiger partial charge in [0.15, 0.2) is 11.5 Å². The number of hydrogen-bond acceptors (Lipinski definition) is 6. The summed E-state index contributed by atoms with van der Waals surface area (Å²) in [6, 6.07) is 12.4. The van der Waals surface area contributed by atoms with Gasteiger partial charge in [-0.05, 0) is 29.7 Å². The van der Waals surface area contributed by atoms with E-state index in [9.17, 15) is 19.5 Å². The molecule has 2 atom stereocenters. The van der Waals surface area contributed by atoms with Crippen LogP contribution in [-0.4, -0.2) is 61.3 Å². The number of urea groups is 1. The van der Waals surface area contributed by atoms with E-state index in [1.807, 2.05) is 12.1 Å². The minimum atomic E-state index is -0.942. The summed E-state index contributed by atoms with van der Waals surface area (Å²) in [6.45, 7) is -0.111. The SMILES string of the molecule is COc1ccc(CCN2C(=O)N[C@@H](CC(=O)N[C@@H](CO)c3ccccc3)C2=O)cc1OC. The molecule has 0 radical (unpaired) electrons. The first-order chi connectivity index (χ1) is 15.5. The topological polar surface area (TPSA) is 117 Å². The average Bonchev–Trinajstić information content (AvgIpc) is 3.08. The molecule has 0 saturated carbocycles. The second-order valence-electron chi connectivity index (χ2n) is 7.35. The summed E-state index contributed by atoms with van der Waals surface area (Å²) in [6.07, 6.45) is 0.222. The van der Waals surface area contributed by atoms with E-state index in [0.717, 1.165) is 16.0 Å². The zero-order valence-electron chi connectivity index (χ0n) is 18.0. The van der Waals surface area contributed by atoms with Crippen LogP contribution >= 0.6 is 0 Å². The maximum atomic E-state index is 12.7. The van der Waals surface area contributed by atoms with Crippen molar-refractivity contribution in [3.05, 3.63) is 59.7 Å². The first-order valence-electron chi connectivity index (χ1n) is 10.2. The third-order valence-corrected chi connectivity index (χ3v) is 5.29. The second kappa shape index (κ2) is 10.6. The molecule has 1 aliphatic rings. The average molecular weight is 441 g/mol. The van der Waals surface area contributed by atoms with Gasteiger partial charge in [0.05, 0.1) is 33.3 Å². The number of benzene rings is 2. The van der Waals surface area contributed by atoms with E-state index in [4.69, 9.17) is 9.47 Å². The number of rotatable bonds is 10. The van der Waals surface area contributed by atoms with Gasteiger partial charge in [-0.15, -0.1) is 0 Å². The summed E-state index contributed by atoms with van der Waals surface area (Å²) in [5.41, 5.74) is 1.62. The lowest BCUT2D eigenvalue weighted by Gasteiger charge is -2.18. The highest BCUT2D eigenvalue weighted by molar-refractivity contribution is 6.05. The Hall–Kier alpha value is -3.59. The van der Waals surface area contributed by atoms with E-state index in [1.165, 1.54) is 7.11 Å². The molecule has 9 nitrogen and oxygen atoms in total. The van der Waals surface area contributed by atoms with Crippen molar-refractivity contribution in [3.63, 3.8) is 0 Å². The summed E-state index contributed by atoms with van der Waals surface area (Å²) in [5.74, 6) is 0.266. The van der Waals surface area contributed by atoms with Gasteiger partial charge in [0.1, 0.15) is 6.04 Å². The van der Waals surface area contributed by atoms with Crippen molar-refractivity contribution >= 4 is 17.8 Å². The third-order valence-electron chi connectivity index (χ3n) is 5.29. The fourth-order valence-electron chi connectivity index (χ4n) is 3.56. The first-order valence-corrected chi connectivity index (χ1v) is 10.2. The Kier molecular flexibility index (Phi) is 7.67.